The highest BCUT2D eigenvalue weighted by molar-refractivity contribution is 5.88. The van der Waals surface area contributed by atoms with Gasteiger partial charge in [0.2, 0.25) is 11.8 Å². The third kappa shape index (κ3) is 7.37. The van der Waals surface area contributed by atoms with E-state index in [0.717, 1.165) is 16.7 Å². The van der Waals surface area contributed by atoms with Gasteiger partial charge in [0.05, 0.1) is 0 Å². The molecule has 156 valence electrons. The molecule has 0 aromatic heterocycles. The first-order valence-corrected chi connectivity index (χ1v) is 10.4. The van der Waals surface area contributed by atoms with Gasteiger partial charge in [-0.15, -0.1) is 0 Å². The van der Waals surface area contributed by atoms with Crippen LogP contribution in [0.2, 0.25) is 0 Å². The number of amides is 2. The Balaban J connectivity index is 2.22. The van der Waals surface area contributed by atoms with E-state index < -0.39 is 6.04 Å². The third-order valence-corrected chi connectivity index (χ3v) is 4.79. The molecule has 0 bridgehead atoms. The first-order chi connectivity index (χ1) is 13.7. The van der Waals surface area contributed by atoms with Crippen molar-refractivity contribution in [3.8, 4) is 0 Å². The van der Waals surface area contributed by atoms with Gasteiger partial charge in [0.15, 0.2) is 0 Å². The first-order valence-electron chi connectivity index (χ1n) is 10.4. The Morgan fingerprint density at radius 1 is 1.00 bits per heavy atom. The Morgan fingerprint density at radius 2 is 1.66 bits per heavy atom. The summed E-state index contributed by atoms with van der Waals surface area (Å²) in [5, 5.41) is 3.04. The number of carbonyl (C=O) groups is 2. The van der Waals surface area contributed by atoms with E-state index in [1.807, 2.05) is 83.1 Å². The van der Waals surface area contributed by atoms with E-state index in [4.69, 9.17) is 0 Å². The van der Waals surface area contributed by atoms with Crippen LogP contribution in [0.25, 0.3) is 0 Å². The van der Waals surface area contributed by atoms with E-state index in [2.05, 4.69) is 11.4 Å². The van der Waals surface area contributed by atoms with Gasteiger partial charge in [0.1, 0.15) is 6.04 Å². The molecule has 2 aromatic rings. The summed E-state index contributed by atoms with van der Waals surface area (Å²) in [4.78, 5) is 27.9. The molecule has 0 heterocycles. The second-order valence-corrected chi connectivity index (χ2v) is 8.66. The van der Waals surface area contributed by atoms with Crippen molar-refractivity contribution >= 4 is 11.8 Å². The standard InChI is InChI=1S/C25H34N2O2/c1-6-22(24(29)26-25(3,4)5)27(18-21-14-10-11-19(2)17-21)23(28)16-15-20-12-8-7-9-13-20/h7-14,17,22H,6,15-16,18H2,1-5H3,(H,26,29)/t22-/m0/s1. The molecule has 4 heteroatoms. The molecule has 0 aliphatic carbocycles. The summed E-state index contributed by atoms with van der Waals surface area (Å²) in [5.74, 6) is -0.0908. The van der Waals surface area contributed by atoms with Gasteiger partial charge >= 0.3 is 0 Å². The number of nitrogens with one attached hydrogen (secondary N) is 1. The van der Waals surface area contributed by atoms with E-state index in [1.54, 1.807) is 4.90 Å². The molecular formula is C25H34N2O2. The fourth-order valence-electron chi connectivity index (χ4n) is 3.42. The minimum atomic E-state index is -0.488. The second kappa shape index (κ2) is 10.2. The fraction of sp³-hybridized carbons (Fsp3) is 0.440. The topological polar surface area (TPSA) is 49.4 Å². The quantitative estimate of drug-likeness (QED) is 0.708. The molecule has 0 spiro atoms. The number of nitrogens with zero attached hydrogens (tertiary/aromatic N) is 1. The summed E-state index contributed by atoms with van der Waals surface area (Å²) < 4.78 is 0. The van der Waals surface area contributed by atoms with Crippen LogP contribution in [0.3, 0.4) is 0 Å². The highest BCUT2D eigenvalue weighted by Crippen LogP contribution is 2.17. The largest absolute Gasteiger partial charge is 0.350 e. The molecule has 4 nitrogen and oxygen atoms in total. The molecule has 0 saturated carbocycles. The number of rotatable bonds is 8. The van der Waals surface area contributed by atoms with E-state index >= 15 is 0 Å². The highest BCUT2D eigenvalue weighted by Gasteiger charge is 2.30. The Morgan fingerprint density at radius 3 is 2.24 bits per heavy atom. The van der Waals surface area contributed by atoms with Crippen LogP contribution in [0.5, 0.6) is 0 Å². The Labute approximate surface area is 175 Å². The number of aryl methyl sites for hydroxylation is 2. The van der Waals surface area contributed by atoms with E-state index in [9.17, 15) is 9.59 Å². The second-order valence-electron chi connectivity index (χ2n) is 8.66. The number of benzene rings is 2. The van der Waals surface area contributed by atoms with Crippen molar-refractivity contribution in [2.24, 2.45) is 0 Å². The maximum absolute atomic E-state index is 13.2. The van der Waals surface area contributed by atoms with Crippen LogP contribution < -0.4 is 5.32 Å². The van der Waals surface area contributed by atoms with E-state index in [1.165, 1.54) is 0 Å². The highest BCUT2D eigenvalue weighted by atomic mass is 16.2. The van der Waals surface area contributed by atoms with Crippen LogP contribution in [0.4, 0.5) is 0 Å². The molecule has 2 aromatic carbocycles. The van der Waals surface area contributed by atoms with Crippen LogP contribution in [-0.2, 0) is 22.6 Å². The number of hydrogen-bond acceptors (Lipinski definition) is 2. The van der Waals surface area contributed by atoms with Crippen LogP contribution in [0.1, 0.15) is 57.2 Å². The predicted molar refractivity (Wildman–Crippen MR) is 118 cm³/mol. The lowest BCUT2D eigenvalue weighted by molar-refractivity contribution is -0.142. The Hall–Kier alpha value is -2.62. The maximum atomic E-state index is 13.2. The van der Waals surface area contributed by atoms with Crippen molar-refractivity contribution in [3.05, 3.63) is 71.3 Å². The molecule has 1 N–H and O–H groups in total. The molecule has 0 aliphatic rings. The molecule has 2 rings (SSSR count). The Kier molecular flexibility index (Phi) is 8.00. The molecule has 0 fully saturated rings. The van der Waals surface area contributed by atoms with E-state index in [0.29, 0.717) is 25.8 Å². The van der Waals surface area contributed by atoms with Gasteiger partial charge in [0, 0.05) is 18.5 Å². The zero-order chi connectivity index (χ0) is 21.4. The minimum Gasteiger partial charge on any atom is -0.350 e. The van der Waals surface area contributed by atoms with Crippen LogP contribution in [0, 0.1) is 6.92 Å². The summed E-state index contributed by atoms with van der Waals surface area (Å²) in [6.45, 7) is 10.3. The molecule has 0 aliphatic heterocycles. The molecule has 1 atom stereocenters. The van der Waals surface area contributed by atoms with Crippen LogP contribution >= 0.6 is 0 Å². The lowest BCUT2D eigenvalue weighted by Gasteiger charge is -2.33. The normalized spacial score (nSPS) is 12.3. The molecule has 0 saturated heterocycles. The average Bonchev–Trinajstić information content (AvgIpc) is 2.65. The van der Waals surface area contributed by atoms with Gasteiger partial charge in [-0.1, -0.05) is 67.1 Å². The van der Waals surface area contributed by atoms with Gasteiger partial charge in [-0.05, 0) is 51.7 Å². The minimum absolute atomic E-state index is 0.00580. The summed E-state index contributed by atoms with van der Waals surface area (Å²) in [6, 6.07) is 17.6. The van der Waals surface area contributed by atoms with Crippen molar-refractivity contribution in [1.82, 2.24) is 10.2 Å². The van der Waals surface area contributed by atoms with Crippen molar-refractivity contribution in [2.45, 2.75) is 72.0 Å². The number of hydrogen-bond donors (Lipinski definition) is 1. The zero-order valence-electron chi connectivity index (χ0n) is 18.4. The zero-order valence-corrected chi connectivity index (χ0v) is 18.4. The van der Waals surface area contributed by atoms with Gasteiger partial charge in [-0.3, -0.25) is 9.59 Å². The predicted octanol–water partition coefficient (Wildman–Crippen LogP) is 4.65. The van der Waals surface area contributed by atoms with Gasteiger partial charge in [-0.25, -0.2) is 0 Å². The Bertz CT molecular complexity index is 809. The fourth-order valence-corrected chi connectivity index (χ4v) is 3.42. The smallest absolute Gasteiger partial charge is 0.243 e. The van der Waals surface area contributed by atoms with Crippen molar-refractivity contribution < 1.29 is 9.59 Å². The summed E-state index contributed by atoms with van der Waals surface area (Å²) in [5.41, 5.74) is 2.97. The van der Waals surface area contributed by atoms with Crippen LogP contribution in [-0.4, -0.2) is 28.3 Å². The summed E-state index contributed by atoms with van der Waals surface area (Å²) in [6.07, 6.45) is 1.63. The SMILES string of the molecule is CC[C@@H](C(=O)NC(C)(C)C)N(Cc1cccc(C)c1)C(=O)CCc1ccccc1. The molecule has 29 heavy (non-hydrogen) atoms. The summed E-state index contributed by atoms with van der Waals surface area (Å²) >= 11 is 0. The summed E-state index contributed by atoms with van der Waals surface area (Å²) in [7, 11) is 0. The molecule has 0 radical (unpaired) electrons. The van der Waals surface area contributed by atoms with Crippen LogP contribution in [0.15, 0.2) is 54.6 Å². The molecule has 0 unspecified atom stereocenters. The van der Waals surface area contributed by atoms with Crippen molar-refractivity contribution in [1.29, 1.82) is 0 Å². The van der Waals surface area contributed by atoms with Gasteiger partial charge < -0.3 is 10.2 Å². The lowest BCUT2D eigenvalue weighted by Crippen LogP contribution is -2.53. The average molecular weight is 395 g/mol. The van der Waals surface area contributed by atoms with Crippen molar-refractivity contribution in [2.75, 3.05) is 0 Å². The third-order valence-electron chi connectivity index (χ3n) is 4.79. The van der Waals surface area contributed by atoms with Gasteiger partial charge in [0.25, 0.3) is 0 Å². The first kappa shape index (κ1) is 22.7. The van der Waals surface area contributed by atoms with Crippen molar-refractivity contribution in [3.63, 3.8) is 0 Å². The lowest BCUT2D eigenvalue weighted by atomic mass is 10.0. The number of carbonyl (C=O) groups excluding carboxylic acids is 2. The monoisotopic (exact) mass is 394 g/mol. The molecular weight excluding hydrogens is 360 g/mol. The van der Waals surface area contributed by atoms with Gasteiger partial charge in [-0.2, -0.15) is 0 Å². The van der Waals surface area contributed by atoms with E-state index in [-0.39, 0.29) is 17.4 Å². The maximum Gasteiger partial charge on any atom is 0.243 e. The molecule has 2 amide bonds.